The number of carboxylic acids is 1. The minimum absolute atomic E-state index is 0.279. The molecule has 2 rings (SSSR count). The van der Waals surface area contributed by atoms with Gasteiger partial charge < -0.3 is 10.0 Å². The van der Waals surface area contributed by atoms with Crippen molar-refractivity contribution in [3.8, 4) is 11.8 Å². The molecule has 0 aliphatic heterocycles. The molecule has 1 saturated carbocycles. The lowest BCUT2D eigenvalue weighted by Gasteiger charge is -2.17. The number of amides is 1. The lowest BCUT2D eigenvalue weighted by Crippen LogP contribution is -2.36. The van der Waals surface area contributed by atoms with Crippen molar-refractivity contribution >= 4 is 11.9 Å². The Labute approximate surface area is 112 Å². The Balaban J connectivity index is 2.02. The molecule has 0 atom stereocenters. The second-order valence-corrected chi connectivity index (χ2v) is 4.64. The molecule has 0 aromatic heterocycles. The highest BCUT2D eigenvalue weighted by atomic mass is 16.4. The van der Waals surface area contributed by atoms with E-state index in [2.05, 4.69) is 11.8 Å². The molecule has 1 aliphatic carbocycles. The molecule has 1 aliphatic rings. The third-order valence-electron chi connectivity index (χ3n) is 2.88. The predicted molar refractivity (Wildman–Crippen MR) is 70.3 cm³/mol. The monoisotopic (exact) mass is 257 g/mol. The van der Waals surface area contributed by atoms with Crippen LogP contribution < -0.4 is 0 Å². The summed E-state index contributed by atoms with van der Waals surface area (Å²) in [4.78, 5) is 24.0. The van der Waals surface area contributed by atoms with E-state index in [1.54, 1.807) is 0 Å². The number of hydrogen-bond donors (Lipinski definition) is 1. The van der Waals surface area contributed by atoms with Crippen LogP contribution in [0, 0.1) is 17.8 Å². The lowest BCUT2D eigenvalue weighted by atomic mass is 10.2. The summed E-state index contributed by atoms with van der Waals surface area (Å²) in [5, 5.41) is 8.81. The quantitative estimate of drug-likeness (QED) is 0.829. The molecule has 0 saturated heterocycles. The van der Waals surface area contributed by atoms with Crippen molar-refractivity contribution in [1.82, 2.24) is 4.90 Å². The summed E-state index contributed by atoms with van der Waals surface area (Å²) in [5.74, 6) is 4.29. The van der Waals surface area contributed by atoms with E-state index >= 15 is 0 Å². The van der Waals surface area contributed by atoms with Gasteiger partial charge in [0.2, 0.25) is 0 Å². The third kappa shape index (κ3) is 4.47. The highest BCUT2D eigenvalue weighted by molar-refractivity contribution is 5.95. The zero-order valence-corrected chi connectivity index (χ0v) is 10.5. The van der Waals surface area contributed by atoms with E-state index in [0.29, 0.717) is 12.5 Å². The van der Waals surface area contributed by atoms with Crippen molar-refractivity contribution < 1.29 is 14.7 Å². The summed E-state index contributed by atoms with van der Waals surface area (Å²) >= 11 is 0. The van der Waals surface area contributed by atoms with Gasteiger partial charge in [-0.15, -0.1) is 0 Å². The smallest absolute Gasteiger partial charge is 0.323 e. The molecule has 1 aromatic carbocycles. The number of benzene rings is 1. The molecule has 1 N–H and O–H groups in total. The van der Waals surface area contributed by atoms with Gasteiger partial charge in [-0.2, -0.15) is 0 Å². The second-order valence-electron chi connectivity index (χ2n) is 4.64. The SMILES string of the molecule is O=C(O)CN(CC1CC1)C(=O)C#Cc1ccccc1. The van der Waals surface area contributed by atoms with Gasteiger partial charge >= 0.3 is 5.97 Å². The van der Waals surface area contributed by atoms with Gasteiger partial charge in [-0.3, -0.25) is 9.59 Å². The van der Waals surface area contributed by atoms with Crippen LogP contribution in [0.15, 0.2) is 30.3 Å². The number of nitrogens with zero attached hydrogens (tertiary/aromatic N) is 1. The van der Waals surface area contributed by atoms with Gasteiger partial charge in [-0.1, -0.05) is 24.1 Å². The number of carbonyl (C=O) groups is 2. The maximum atomic E-state index is 11.9. The van der Waals surface area contributed by atoms with Crippen LogP contribution in [0.25, 0.3) is 0 Å². The van der Waals surface area contributed by atoms with Gasteiger partial charge in [-0.05, 0) is 30.9 Å². The first-order chi connectivity index (χ1) is 9.15. The Bertz CT molecular complexity index is 523. The average Bonchev–Trinajstić information content (AvgIpc) is 3.20. The van der Waals surface area contributed by atoms with Gasteiger partial charge in [0.1, 0.15) is 6.54 Å². The van der Waals surface area contributed by atoms with E-state index < -0.39 is 11.9 Å². The van der Waals surface area contributed by atoms with Crippen molar-refractivity contribution in [2.45, 2.75) is 12.8 Å². The van der Waals surface area contributed by atoms with Gasteiger partial charge in [0, 0.05) is 18.0 Å². The average molecular weight is 257 g/mol. The standard InChI is InChI=1S/C15H15NO3/c17-14(9-8-12-4-2-1-3-5-12)16(11-15(18)19)10-13-6-7-13/h1-5,13H,6-7,10-11H2,(H,18,19). The van der Waals surface area contributed by atoms with Crippen LogP contribution in [0.1, 0.15) is 18.4 Å². The first kappa shape index (κ1) is 13.2. The first-order valence-corrected chi connectivity index (χ1v) is 6.23. The molecule has 98 valence electrons. The van der Waals surface area contributed by atoms with Gasteiger partial charge in [0.25, 0.3) is 5.91 Å². The fraction of sp³-hybridized carbons (Fsp3) is 0.333. The Morgan fingerprint density at radius 3 is 2.53 bits per heavy atom. The normalized spacial score (nSPS) is 13.3. The van der Waals surface area contributed by atoms with Crippen LogP contribution in [-0.2, 0) is 9.59 Å². The summed E-state index contributed by atoms with van der Waals surface area (Å²) in [6.07, 6.45) is 2.13. The third-order valence-corrected chi connectivity index (χ3v) is 2.88. The fourth-order valence-corrected chi connectivity index (χ4v) is 1.72. The molecule has 1 amide bonds. The molecule has 19 heavy (non-hydrogen) atoms. The molecular formula is C15H15NO3. The summed E-state index contributed by atoms with van der Waals surface area (Å²) in [6.45, 7) is 0.216. The molecule has 0 bridgehead atoms. The Hall–Kier alpha value is -2.28. The molecule has 0 heterocycles. The Morgan fingerprint density at radius 1 is 1.26 bits per heavy atom. The van der Waals surface area contributed by atoms with Crippen molar-refractivity contribution in [3.05, 3.63) is 35.9 Å². The fourth-order valence-electron chi connectivity index (χ4n) is 1.72. The number of hydrogen-bond acceptors (Lipinski definition) is 2. The van der Waals surface area contributed by atoms with Crippen LogP contribution in [0.3, 0.4) is 0 Å². The predicted octanol–water partition coefficient (Wildman–Crippen LogP) is 1.36. The molecule has 4 heteroatoms. The minimum Gasteiger partial charge on any atom is -0.480 e. The highest BCUT2D eigenvalue weighted by Crippen LogP contribution is 2.29. The first-order valence-electron chi connectivity index (χ1n) is 6.23. The van der Waals surface area contributed by atoms with E-state index in [-0.39, 0.29) is 6.54 Å². The maximum Gasteiger partial charge on any atom is 0.323 e. The number of carbonyl (C=O) groups excluding carboxylic acids is 1. The summed E-state index contributed by atoms with van der Waals surface area (Å²) in [6, 6.07) is 9.17. The zero-order valence-electron chi connectivity index (χ0n) is 10.5. The molecule has 0 spiro atoms. The van der Waals surface area contributed by atoms with Gasteiger partial charge in [0.05, 0.1) is 0 Å². The van der Waals surface area contributed by atoms with Gasteiger partial charge in [-0.25, -0.2) is 0 Å². The van der Waals surface area contributed by atoms with Crippen molar-refractivity contribution in [3.63, 3.8) is 0 Å². The van der Waals surface area contributed by atoms with Crippen LogP contribution in [-0.4, -0.2) is 35.0 Å². The zero-order chi connectivity index (χ0) is 13.7. The van der Waals surface area contributed by atoms with Crippen LogP contribution >= 0.6 is 0 Å². The summed E-state index contributed by atoms with van der Waals surface area (Å²) in [7, 11) is 0. The minimum atomic E-state index is -1.00. The van der Waals surface area contributed by atoms with Crippen molar-refractivity contribution in [2.24, 2.45) is 5.92 Å². The summed E-state index contributed by atoms with van der Waals surface area (Å²) in [5.41, 5.74) is 0.748. The number of carboxylic acid groups (broad SMARTS) is 1. The van der Waals surface area contributed by atoms with Crippen LogP contribution in [0.5, 0.6) is 0 Å². The largest absolute Gasteiger partial charge is 0.480 e. The Kier molecular flexibility index (Phi) is 4.19. The van der Waals surface area contributed by atoms with Crippen LogP contribution in [0.4, 0.5) is 0 Å². The van der Waals surface area contributed by atoms with E-state index in [0.717, 1.165) is 18.4 Å². The van der Waals surface area contributed by atoms with E-state index in [1.807, 2.05) is 30.3 Å². The highest BCUT2D eigenvalue weighted by Gasteiger charge is 2.27. The number of rotatable bonds is 4. The Morgan fingerprint density at radius 2 is 1.95 bits per heavy atom. The summed E-state index contributed by atoms with van der Waals surface area (Å²) < 4.78 is 0. The number of aliphatic carboxylic acids is 1. The second kappa shape index (κ2) is 6.05. The molecule has 1 aromatic rings. The van der Waals surface area contributed by atoms with E-state index in [9.17, 15) is 9.59 Å². The molecule has 0 unspecified atom stereocenters. The molecular weight excluding hydrogens is 242 g/mol. The maximum absolute atomic E-state index is 11.9. The van der Waals surface area contributed by atoms with Crippen molar-refractivity contribution in [2.75, 3.05) is 13.1 Å². The van der Waals surface area contributed by atoms with E-state index in [4.69, 9.17) is 5.11 Å². The molecule has 4 nitrogen and oxygen atoms in total. The van der Waals surface area contributed by atoms with Crippen molar-refractivity contribution in [1.29, 1.82) is 0 Å². The topological polar surface area (TPSA) is 57.6 Å². The van der Waals surface area contributed by atoms with Crippen LogP contribution in [0.2, 0.25) is 0 Å². The van der Waals surface area contributed by atoms with E-state index in [1.165, 1.54) is 4.90 Å². The molecule has 0 radical (unpaired) electrons. The lowest BCUT2D eigenvalue weighted by molar-refractivity contribution is -0.142. The molecule has 1 fully saturated rings. The van der Waals surface area contributed by atoms with Gasteiger partial charge in [0.15, 0.2) is 0 Å².